The quantitative estimate of drug-likeness (QED) is 0.814. The molecular formula is C12H10ClNO2. The van der Waals surface area contributed by atoms with Crippen molar-refractivity contribution in [2.24, 2.45) is 0 Å². The second-order valence-electron chi connectivity index (χ2n) is 3.47. The highest BCUT2D eigenvalue weighted by Gasteiger charge is 2.12. The van der Waals surface area contributed by atoms with Crippen LogP contribution in [0, 0.1) is 0 Å². The maximum absolute atomic E-state index is 10.9. The number of para-hydroxylation sites is 1. The lowest BCUT2D eigenvalue weighted by molar-refractivity contribution is 0.0697. The number of carboxylic acids is 1. The highest BCUT2D eigenvalue weighted by atomic mass is 35.5. The molecule has 0 radical (unpaired) electrons. The van der Waals surface area contributed by atoms with Crippen LogP contribution in [-0.4, -0.2) is 16.1 Å². The van der Waals surface area contributed by atoms with Crippen molar-refractivity contribution in [3.05, 3.63) is 40.5 Å². The van der Waals surface area contributed by atoms with E-state index in [1.807, 2.05) is 25.1 Å². The van der Waals surface area contributed by atoms with E-state index in [0.29, 0.717) is 0 Å². The van der Waals surface area contributed by atoms with E-state index >= 15 is 0 Å². The van der Waals surface area contributed by atoms with Crippen LogP contribution in [0.3, 0.4) is 0 Å². The van der Waals surface area contributed by atoms with Crippen molar-refractivity contribution >= 4 is 28.5 Å². The van der Waals surface area contributed by atoms with E-state index in [9.17, 15) is 4.79 Å². The molecule has 1 aromatic heterocycles. The second kappa shape index (κ2) is 4.10. The maximum atomic E-state index is 10.9. The molecule has 0 aliphatic rings. The molecule has 0 aliphatic carbocycles. The predicted molar refractivity (Wildman–Crippen MR) is 63.1 cm³/mol. The molecule has 0 saturated heterocycles. The number of carbonyl (C=O) groups is 1. The van der Waals surface area contributed by atoms with E-state index in [4.69, 9.17) is 16.7 Å². The summed E-state index contributed by atoms with van der Waals surface area (Å²) in [6, 6.07) is 7.25. The standard InChI is InChI=1S/C12H10ClNO2/c1-2-7-4-3-5-8-6-9(12(15)16)11(13)14-10(7)8/h3-6H,2H2,1H3,(H,15,16). The Bertz CT molecular complexity index is 566. The van der Waals surface area contributed by atoms with Gasteiger partial charge in [-0.2, -0.15) is 0 Å². The van der Waals surface area contributed by atoms with Gasteiger partial charge in [0.1, 0.15) is 5.15 Å². The summed E-state index contributed by atoms with van der Waals surface area (Å²) in [5.41, 5.74) is 1.89. The first kappa shape index (κ1) is 10.9. The molecule has 0 amide bonds. The topological polar surface area (TPSA) is 50.2 Å². The molecule has 0 saturated carbocycles. The summed E-state index contributed by atoms with van der Waals surface area (Å²) in [6.45, 7) is 2.02. The van der Waals surface area contributed by atoms with Crippen LogP contribution in [0.5, 0.6) is 0 Å². The lowest BCUT2D eigenvalue weighted by Gasteiger charge is -2.05. The highest BCUT2D eigenvalue weighted by Crippen LogP contribution is 2.23. The van der Waals surface area contributed by atoms with Crippen molar-refractivity contribution in [3.63, 3.8) is 0 Å². The lowest BCUT2D eigenvalue weighted by atomic mass is 10.1. The minimum Gasteiger partial charge on any atom is -0.478 e. The molecule has 4 heteroatoms. The number of aromatic carboxylic acids is 1. The van der Waals surface area contributed by atoms with Crippen molar-refractivity contribution < 1.29 is 9.90 Å². The smallest absolute Gasteiger partial charge is 0.338 e. The molecule has 3 nitrogen and oxygen atoms in total. The van der Waals surface area contributed by atoms with Crippen LogP contribution in [0.25, 0.3) is 10.9 Å². The van der Waals surface area contributed by atoms with E-state index in [1.165, 1.54) is 0 Å². The first-order chi connectivity index (χ1) is 7.63. The summed E-state index contributed by atoms with van der Waals surface area (Å²) in [7, 11) is 0. The molecule has 1 aromatic carbocycles. The summed E-state index contributed by atoms with van der Waals surface area (Å²) in [5, 5.41) is 9.78. The number of nitrogens with zero attached hydrogens (tertiary/aromatic N) is 1. The van der Waals surface area contributed by atoms with E-state index < -0.39 is 5.97 Å². The highest BCUT2D eigenvalue weighted by molar-refractivity contribution is 6.32. The lowest BCUT2D eigenvalue weighted by Crippen LogP contribution is -2.00. The van der Waals surface area contributed by atoms with Gasteiger partial charge in [-0.3, -0.25) is 0 Å². The Morgan fingerprint density at radius 1 is 1.50 bits per heavy atom. The summed E-state index contributed by atoms with van der Waals surface area (Å²) < 4.78 is 0. The Morgan fingerprint density at radius 3 is 2.88 bits per heavy atom. The molecule has 2 aromatic rings. The number of halogens is 1. The molecule has 82 valence electrons. The SMILES string of the molecule is CCc1cccc2cc(C(=O)O)c(Cl)nc12. The Hall–Kier alpha value is -1.61. The minimum absolute atomic E-state index is 0.0425. The Kier molecular flexibility index (Phi) is 2.79. The first-order valence-corrected chi connectivity index (χ1v) is 5.32. The molecule has 0 aliphatic heterocycles. The van der Waals surface area contributed by atoms with E-state index in [2.05, 4.69) is 4.98 Å². The average molecular weight is 236 g/mol. The van der Waals surface area contributed by atoms with Gasteiger partial charge in [-0.15, -0.1) is 0 Å². The van der Waals surface area contributed by atoms with Crippen LogP contribution >= 0.6 is 11.6 Å². The number of fused-ring (bicyclic) bond motifs is 1. The van der Waals surface area contributed by atoms with Gasteiger partial charge in [-0.05, 0) is 18.1 Å². The third-order valence-corrected chi connectivity index (χ3v) is 2.78. The van der Waals surface area contributed by atoms with Gasteiger partial charge in [0, 0.05) is 5.39 Å². The third kappa shape index (κ3) is 1.74. The van der Waals surface area contributed by atoms with Crippen LogP contribution in [0.2, 0.25) is 5.15 Å². The predicted octanol–water partition coefficient (Wildman–Crippen LogP) is 3.15. The fourth-order valence-electron chi connectivity index (χ4n) is 1.67. The molecule has 1 heterocycles. The van der Waals surface area contributed by atoms with Crippen molar-refractivity contribution in [1.82, 2.24) is 4.98 Å². The van der Waals surface area contributed by atoms with Crippen LogP contribution in [0.1, 0.15) is 22.8 Å². The average Bonchev–Trinajstić information content (AvgIpc) is 2.27. The number of pyridine rings is 1. The molecule has 16 heavy (non-hydrogen) atoms. The molecule has 1 N–H and O–H groups in total. The normalized spacial score (nSPS) is 10.6. The molecule has 0 unspecified atom stereocenters. The summed E-state index contributed by atoms with van der Waals surface area (Å²) >= 11 is 5.84. The Labute approximate surface area is 97.7 Å². The number of hydrogen-bond donors (Lipinski definition) is 1. The van der Waals surface area contributed by atoms with Crippen LogP contribution in [-0.2, 0) is 6.42 Å². The van der Waals surface area contributed by atoms with Gasteiger partial charge in [0.15, 0.2) is 0 Å². The summed E-state index contributed by atoms with van der Waals surface area (Å²) in [5.74, 6) is -1.05. The monoisotopic (exact) mass is 235 g/mol. The van der Waals surface area contributed by atoms with Crippen molar-refractivity contribution in [3.8, 4) is 0 Å². The van der Waals surface area contributed by atoms with Crippen molar-refractivity contribution in [1.29, 1.82) is 0 Å². The first-order valence-electron chi connectivity index (χ1n) is 4.95. The molecule has 0 atom stereocenters. The fourth-order valence-corrected chi connectivity index (χ4v) is 1.89. The van der Waals surface area contributed by atoms with Gasteiger partial charge in [0.2, 0.25) is 0 Å². The Balaban J connectivity index is 2.78. The molecular weight excluding hydrogens is 226 g/mol. The number of aryl methyl sites for hydroxylation is 1. The zero-order valence-corrected chi connectivity index (χ0v) is 9.45. The third-order valence-electron chi connectivity index (χ3n) is 2.49. The van der Waals surface area contributed by atoms with Gasteiger partial charge < -0.3 is 5.11 Å². The van der Waals surface area contributed by atoms with Crippen LogP contribution in [0.4, 0.5) is 0 Å². The number of aromatic nitrogens is 1. The van der Waals surface area contributed by atoms with Crippen LogP contribution < -0.4 is 0 Å². The number of carboxylic acid groups (broad SMARTS) is 1. The minimum atomic E-state index is -1.05. The van der Waals surface area contributed by atoms with Crippen LogP contribution in [0.15, 0.2) is 24.3 Å². The van der Waals surface area contributed by atoms with Gasteiger partial charge in [0.05, 0.1) is 11.1 Å². The van der Waals surface area contributed by atoms with E-state index in [1.54, 1.807) is 6.07 Å². The van der Waals surface area contributed by atoms with E-state index in [0.717, 1.165) is 22.9 Å². The van der Waals surface area contributed by atoms with Gasteiger partial charge in [-0.25, -0.2) is 9.78 Å². The fraction of sp³-hybridized carbons (Fsp3) is 0.167. The van der Waals surface area contributed by atoms with E-state index in [-0.39, 0.29) is 10.7 Å². The summed E-state index contributed by atoms with van der Waals surface area (Å²) in [6.07, 6.45) is 0.840. The van der Waals surface area contributed by atoms with Gasteiger partial charge in [0.25, 0.3) is 0 Å². The molecule has 2 rings (SSSR count). The Morgan fingerprint density at radius 2 is 2.25 bits per heavy atom. The molecule has 0 spiro atoms. The second-order valence-corrected chi connectivity index (χ2v) is 3.83. The van der Waals surface area contributed by atoms with Crippen molar-refractivity contribution in [2.75, 3.05) is 0 Å². The number of hydrogen-bond acceptors (Lipinski definition) is 2. The largest absolute Gasteiger partial charge is 0.478 e. The summed E-state index contributed by atoms with van der Waals surface area (Å²) in [4.78, 5) is 15.0. The zero-order valence-electron chi connectivity index (χ0n) is 8.70. The molecule has 0 fully saturated rings. The number of benzene rings is 1. The zero-order chi connectivity index (χ0) is 11.7. The number of rotatable bonds is 2. The van der Waals surface area contributed by atoms with Crippen molar-refractivity contribution in [2.45, 2.75) is 13.3 Å². The van der Waals surface area contributed by atoms with Gasteiger partial charge in [-0.1, -0.05) is 36.7 Å². The van der Waals surface area contributed by atoms with Gasteiger partial charge >= 0.3 is 5.97 Å². The molecule has 0 bridgehead atoms. The maximum Gasteiger partial charge on any atom is 0.338 e.